The first-order valence-corrected chi connectivity index (χ1v) is 4.22. The van der Waals surface area contributed by atoms with Crippen LogP contribution >= 0.6 is 0 Å². The number of nitrogens with two attached hydrogens (primary N) is 1. The topological polar surface area (TPSA) is 61.5 Å². The Bertz CT molecular complexity index is 290. The van der Waals surface area contributed by atoms with Gasteiger partial charge in [-0.2, -0.15) is 4.21 Å². The van der Waals surface area contributed by atoms with E-state index in [1.165, 1.54) is 7.11 Å². The fraction of sp³-hybridized carbons (Fsp3) is 0.143. The third-order valence-corrected chi connectivity index (χ3v) is 1.76. The quantitative estimate of drug-likeness (QED) is 0.713. The monoisotopic (exact) mass is 187 g/mol. The van der Waals surface area contributed by atoms with Crippen LogP contribution in [0.15, 0.2) is 24.3 Å². The van der Waals surface area contributed by atoms with E-state index in [-0.39, 0.29) is 0 Å². The van der Waals surface area contributed by atoms with Crippen molar-refractivity contribution >= 4 is 17.0 Å². The molecule has 1 rings (SSSR count). The minimum atomic E-state index is -1.74. The molecule has 0 aliphatic carbocycles. The van der Waals surface area contributed by atoms with Crippen molar-refractivity contribution in [3.8, 4) is 5.75 Å². The van der Waals surface area contributed by atoms with Gasteiger partial charge < -0.3 is 9.92 Å². The van der Waals surface area contributed by atoms with Gasteiger partial charge in [-0.05, 0) is 12.1 Å². The molecule has 0 fully saturated rings. The summed E-state index contributed by atoms with van der Waals surface area (Å²) in [6.45, 7) is 0. The van der Waals surface area contributed by atoms with Crippen LogP contribution in [-0.2, 0) is 15.5 Å². The van der Waals surface area contributed by atoms with E-state index in [4.69, 9.17) is 9.92 Å². The van der Waals surface area contributed by atoms with Crippen molar-refractivity contribution in [2.24, 2.45) is 0 Å². The van der Waals surface area contributed by atoms with Gasteiger partial charge in [0, 0.05) is 11.8 Å². The van der Waals surface area contributed by atoms with E-state index in [0.29, 0.717) is 11.4 Å². The summed E-state index contributed by atoms with van der Waals surface area (Å²) in [5, 5.41) is 0. The van der Waals surface area contributed by atoms with Crippen LogP contribution in [0.2, 0.25) is 0 Å². The van der Waals surface area contributed by atoms with Crippen molar-refractivity contribution < 1.29 is 12.6 Å². The summed E-state index contributed by atoms with van der Waals surface area (Å²) in [7, 11) is 1.29. The number of hydrogen-bond donors (Lipinski definition) is 1. The highest BCUT2D eigenvalue weighted by Gasteiger charge is 1.99. The average Bonchev–Trinajstić information content (AvgIpc) is 2.04. The normalized spacial score (nSPS) is 12.4. The van der Waals surface area contributed by atoms with E-state index in [1.807, 2.05) is 0 Å². The van der Waals surface area contributed by atoms with Crippen molar-refractivity contribution in [1.82, 2.24) is 0 Å². The Kier molecular flexibility index (Phi) is 3.07. The van der Waals surface area contributed by atoms with Crippen LogP contribution in [0.3, 0.4) is 0 Å². The summed E-state index contributed by atoms with van der Waals surface area (Å²) >= 11 is -1.74. The van der Waals surface area contributed by atoms with Crippen molar-refractivity contribution in [2.45, 2.75) is 0 Å². The summed E-state index contributed by atoms with van der Waals surface area (Å²) in [6.07, 6.45) is 0. The molecule has 0 radical (unpaired) electrons. The van der Waals surface area contributed by atoms with Crippen molar-refractivity contribution in [1.29, 1.82) is 0 Å². The van der Waals surface area contributed by atoms with E-state index in [0.717, 1.165) is 0 Å². The van der Waals surface area contributed by atoms with E-state index in [2.05, 4.69) is 4.18 Å². The highest BCUT2D eigenvalue weighted by molar-refractivity contribution is 7.75. The molecular weight excluding hydrogens is 178 g/mol. The Morgan fingerprint density at radius 2 is 2.25 bits per heavy atom. The van der Waals surface area contributed by atoms with Crippen LogP contribution in [0.1, 0.15) is 0 Å². The highest BCUT2D eigenvalue weighted by Crippen LogP contribution is 2.15. The smallest absolute Gasteiger partial charge is 0.359 e. The molecule has 0 heterocycles. The van der Waals surface area contributed by atoms with Gasteiger partial charge in [0.05, 0.1) is 7.11 Å². The maximum atomic E-state index is 10.7. The molecule has 0 saturated heterocycles. The minimum absolute atomic E-state index is 0.426. The molecular formula is C7H9NO3S. The molecule has 1 aromatic rings. The Morgan fingerprint density at radius 1 is 1.50 bits per heavy atom. The third kappa shape index (κ3) is 2.52. The lowest BCUT2D eigenvalue weighted by Gasteiger charge is -2.01. The Balaban J connectivity index is 2.69. The fourth-order valence-corrected chi connectivity index (χ4v) is 1.01. The van der Waals surface area contributed by atoms with Gasteiger partial charge in [0.25, 0.3) is 0 Å². The van der Waals surface area contributed by atoms with E-state index in [1.54, 1.807) is 24.3 Å². The molecule has 4 nitrogen and oxygen atoms in total. The number of nitrogen functional groups attached to an aromatic ring is 1. The Labute approximate surface area is 73.2 Å². The molecule has 0 amide bonds. The van der Waals surface area contributed by atoms with E-state index < -0.39 is 11.4 Å². The van der Waals surface area contributed by atoms with Gasteiger partial charge in [-0.1, -0.05) is 6.07 Å². The van der Waals surface area contributed by atoms with Crippen LogP contribution in [0.5, 0.6) is 5.75 Å². The zero-order valence-electron chi connectivity index (χ0n) is 6.52. The summed E-state index contributed by atoms with van der Waals surface area (Å²) in [5.74, 6) is 0.426. The first-order valence-electron chi connectivity index (χ1n) is 3.22. The molecule has 0 saturated carbocycles. The van der Waals surface area contributed by atoms with Gasteiger partial charge in [-0.25, -0.2) is 0 Å². The second kappa shape index (κ2) is 4.08. The standard InChI is InChI=1S/C7H9NO3S/c1-10-12(9)11-7-4-2-3-6(8)5-7/h2-5H,8H2,1H3. The molecule has 0 aromatic heterocycles. The van der Waals surface area contributed by atoms with Crippen LogP contribution in [0.4, 0.5) is 5.69 Å². The SMILES string of the molecule is COS(=O)Oc1cccc(N)c1. The van der Waals surface area contributed by atoms with Crippen LogP contribution in [-0.4, -0.2) is 11.3 Å². The second-order valence-corrected chi connectivity index (χ2v) is 2.93. The molecule has 0 aliphatic heterocycles. The molecule has 1 atom stereocenters. The van der Waals surface area contributed by atoms with Gasteiger partial charge in [-0.15, -0.1) is 0 Å². The maximum Gasteiger partial charge on any atom is 0.359 e. The van der Waals surface area contributed by atoms with E-state index >= 15 is 0 Å². The molecule has 0 aliphatic rings. The summed E-state index contributed by atoms with van der Waals surface area (Å²) in [6, 6.07) is 6.63. The average molecular weight is 187 g/mol. The predicted octanol–water partition coefficient (Wildman–Crippen LogP) is 0.873. The van der Waals surface area contributed by atoms with Gasteiger partial charge >= 0.3 is 11.4 Å². The van der Waals surface area contributed by atoms with Gasteiger partial charge in [0.15, 0.2) is 0 Å². The number of benzene rings is 1. The largest absolute Gasteiger partial charge is 0.399 e. The zero-order chi connectivity index (χ0) is 8.97. The van der Waals surface area contributed by atoms with Gasteiger partial charge in [0.1, 0.15) is 5.75 Å². The maximum absolute atomic E-state index is 10.7. The first kappa shape index (κ1) is 9.02. The Morgan fingerprint density at radius 3 is 2.83 bits per heavy atom. The first-order chi connectivity index (χ1) is 5.72. The molecule has 12 heavy (non-hydrogen) atoms. The van der Waals surface area contributed by atoms with Crippen molar-refractivity contribution in [3.63, 3.8) is 0 Å². The number of hydrogen-bond acceptors (Lipinski definition) is 4. The molecule has 0 spiro atoms. The number of rotatable bonds is 3. The molecule has 5 heteroatoms. The minimum Gasteiger partial charge on any atom is -0.399 e. The van der Waals surface area contributed by atoms with Crippen LogP contribution in [0, 0.1) is 0 Å². The molecule has 2 N–H and O–H groups in total. The third-order valence-electron chi connectivity index (χ3n) is 1.16. The van der Waals surface area contributed by atoms with Gasteiger partial charge in [-0.3, -0.25) is 4.18 Å². The molecule has 1 aromatic carbocycles. The van der Waals surface area contributed by atoms with Gasteiger partial charge in [0.2, 0.25) is 0 Å². The number of anilines is 1. The lowest BCUT2D eigenvalue weighted by atomic mass is 10.3. The Hall–Kier alpha value is -1.07. The van der Waals surface area contributed by atoms with Crippen molar-refractivity contribution in [3.05, 3.63) is 24.3 Å². The van der Waals surface area contributed by atoms with Crippen LogP contribution in [0.25, 0.3) is 0 Å². The molecule has 66 valence electrons. The lowest BCUT2D eigenvalue weighted by Crippen LogP contribution is -2.01. The van der Waals surface area contributed by atoms with E-state index in [9.17, 15) is 4.21 Å². The molecule has 1 unspecified atom stereocenters. The predicted molar refractivity (Wildman–Crippen MR) is 46.6 cm³/mol. The highest BCUT2D eigenvalue weighted by atomic mass is 32.2. The van der Waals surface area contributed by atoms with Crippen molar-refractivity contribution in [2.75, 3.05) is 12.8 Å². The van der Waals surface area contributed by atoms with Crippen LogP contribution < -0.4 is 9.92 Å². The summed E-state index contributed by atoms with van der Waals surface area (Å²) in [4.78, 5) is 0. The second-order valence-electron chi connectivity index (χ2n) is 2.03. The summed E-state index contributed by atoms with van der Waals surface area (Å²) in [5.41, 5.74) is 6.01. The fourth-order valence-electron chi connectivity index (χ4n) is 0.679. The zero-order valence-corrected chi connectivity index (χ0v) is 7.34. The lowest BCUT2D eigenvalue weighted by molar-refractivity contribution is 0.383. The molecule has 0 bridgehead atoms. The summed E-state index contributed by atoms with van der Waals surface area (Å²) < 4.78 is 19.9.